The largest absolute Gasteiger partial charge is 0.323 e. The number of rotatable bonds is 1. The summed E-state index contributed by atoms with van der Waals surface area (Å²) in [5.74, 6) is -2.81. The van der Waals surface area contributed by atoms with Crippen molar-refractivity contribution in [2.45, 2.75) is 25.3 Å². The van der Waals surface area contributed by atoms with Crippen LogP contribution < -0.4 is 0 Å². The second kappa shape index (κ2) is 5.13. The van der Waals surface area contributed by atoms with Gasteiger partial charge in [-0.05, 0) is 31.4 Å². The summed E-state index contributed by atoms with van der Waals surface area (Å²) < 4.78 is 26.6. The highest BCUT2D eigenvalue weighted by Crippen LogP contribution is 2.21. The van der Waals surface area contributed by atoms with Crippen molar-refractivity contribution in [3.05, 3.63) is 35.4 Å². The van der Waals surface area contributed by atoms with Crippen molar-refractivity contribution in [2.75, 3.05) is 6.54 Å². The van der Waals surface area contributed by atoms with Crippen molar-refractivity contribution in [2.24, 2.45) is 0 Å². The van der Waals surface area contributed by atoms with E-state index in [1.54, 1.807) is 0 Å². The molecule has 1 unspecified atom stereocenters. The van der Waals surface area contributed by atoms with Crippen LogP contribution in [-0.4, -0.2) is 23.4 Å². The van der Waals surface area contributed by atoms with E-state index in [9.17, 15) is 13.6 Å². The van der Waals surface area contributed by atoms with Gasteiger partial charge >= 0.3 is 0 Å². The van der Waals surface area contributed by atoms with Crippen LogP contribution in [0.3, 0.4) is 0 Å². The lowest BCUT2D eigenvalue weighted by atomic mass is 10.0. The first kappa shape index (κ1) is 12.5. The Morgan fingerprint density at radius 1 is 1.39 bits per heavy atom. The number of carbonyl (C=O) groups excluding carboxylic acids is 1. The lowest BCUT2D eigenvalue weighted by Gasteiger charge is -2.31. The van der Waals surface area contributed by atoms with Gasteiger partial charge in [0, 0.05) is 6.54 Å². The van der Waals surface area contributed by atoms with Crippen LogP contribution in [0.4, 0.5) is 8.78 Å². The predicted molar refractivity (Wildman–Crippen MR) is 60.6 cm³/mol. The van der Waals surface area contributed by atoms with Crippen LogP contribution in [0.5, 0.6) is 0 Å². The fraction of sp³-hybridized carbons (Fsp3) is 0.385. The molecule has 1 fully saturated rings. The zero-order valence-electron chi connectivity index (χ0n) is 9.70. The number of piperidine rings is 1. The van der Waals surface area contributed by atoms with Gasteiger partial charge in [0.25, 0.3) is 5.91 Å². The van der Waals surface area contributed by atoms with Crippen molar-refractivity contribution in [1.29, 1.82) is 5.26 Å². The molecule has 1 aliphatic rings. The average Bonchev–Trinajstić information content (AvgIpc) is 2.41. The van der Waals surface area contributed by atoms with Crippen LogP contribution in [0, 0.1) is 23.0 Å². The van der Waals surface area contributed by atoms with Crippen LogP contribution in [0.2, 0.25) is 0 Å². The molecule has 1 amide bonds. The van der Waals surface area contributed by atoms with E-state index >= 15 is 0 Å². The Labute approximate surface area is 104 Å². The number of carbonyl (C=O) groups is 1. The molecule has 1 atom stereocenters. The third-order valence-corrected chi connectivity index (χ3v) is 3.09. The molecule has 1 saturated heterocycles. The van der Waals surface area contributed by atoms with Crippen molar-refractivity contribution in [1.82, 2.24) is 4.90 Å². The van der Waals surface area contributed by atoms with Crippen LogP contribution in [0.1, 0.15) is 29.6 Å². The Kier molecular flexibility index (Phi) is 3.56. The maximum atomic E-state index is 13.5. The van der Waals surface area contributed by atoms with Crippen LogP contribution in [0.25, 0.3) is 0 Å². The van der Waals surface area contributed by atoms with E-state index in [0.29, 0.717) is 13.0 Å². The van der Waals surface area contributed by atoms with Crippen molar-refractivity contribution in [3.63, 3.8) is 0 Å². The van der Waals surface area contributed by atoms with Gasteiger partial charge < -0.3 is 4.90 Å². The average molecular weight is 250 g/mol. The summed E-state index contributed by atoms with van der Waals surface area (Å²) >= 11 is 0. The SMILES string of the molecule is N#CC1CCCCN1C(=O)c1cccc(F)c1F. The number of likely N-dealkylation sites (tertiary alicyclic amines) is 1. The molecule has 1 aromatic rings. The highest BCUT2D eigenvalue weighted by Gasteiger charge is 2.29. The Hall–Kier alpha value is -1.96. The summed E-state index contributed by atoms with van der Waals surface area (Å²) in [6, 6.07) is 4.97. The van der Waals surface area contributed by atoms with Gasteiger partial charge in [0.2, 0.25) is 0 Å². The van der Waals surface area contributed by atoms with E-state index in [-0.39, 0.29) is 5.56 Å². The predicted octanol–water partition coefficient (Wildman–Crippen LogP) is 2.48. The van der Waals surface area contributed by atoms with Gasteiger partial charge in [-0.2, -0.15) is 5.26 Å². The minimum atomic E-state index is -1.15. The fourth-order valence-corrected chi connectivity index (χ4v) is 2.13. The lowest BCUT2D eigenvalue weighted by Crippen LogP contribution is -2.43. The smallest absolute Gasteiger partial charge is 0.258 e. The molecule has 0 N–H and O–H groups in total. The second-order valence-electron chi connectivity index (χ2n) is 4.24. The van der Waals surface area contributed by atoms with Gasteiger partial charge in [0.15, 0.2) is 11.6 Å². The van der Waals surface area contributed by atoms with Crippen molar-refractivity contribution in [3.8, 4) is 6.07 Å². The van der Waals surface area contributed by atoms with E-state index in [2.05, 4.69) is 0 Å². The first-order valence-corrected chi connectivity index (χ1v) is 5.79. The number of halogens is 2. The number of nitrogens with zero attached hydrogens (tertiary/aromatic N) is 2. The first-order valence-electron chi connectivity index (χ1n) is 5.79. The number of hydrogen-bond acceptors (Lipinski definition) is 2. The van der Waals surface area contributed by atoms with E-state index in [1.165, 1.54) is 17.0 Å². The molecule has 18 heavy (non-hydrogen) atoms. The van der Waals surface area contributed by atoms with E-state index in [4.69, 9.17) is 5.26 Å². The summed E-state index contributed by atoms with van der Waals surface area (Å²) in [4.78, 5) is 13.4. The molecular formula is C13H12F2N2O. The summed E-state index contributed by atoms with van der Waals surface area (Å²) in [5, 5.41) is 8.97. The zero-order chi connectivity index (χ0) is 13.1. The van der Waals surface area contributed by atoms with Gasteiger partial charge in [0.1, 0.15) is 6.04 Å². The van der Waals surface area contributed by atoms with Gasteiger partial charge in [-0.1, -0.05) is 6.07 Å². The third kappa shape index (κ3) is 2.19. The highest BCUT2D eigenvalue weighted by atomic mass is 19.2. The number of benzene rings is 1. The van der Waals surface area contributed by atoms with Gasteiger partial charge in [-0.25, -0.2) is 8.78 Å². The van der Waals surface area contributed by atoms with Gasteiger partial charge in [-0.15, -0.1) is 0 Å². The Morgan fingerprint density at radius 3 is 2.89 bits per heavy atom. The Balaban J connectivity index is 2.30. The molecule has 0 radical (unpaired) electrons. The van der Waals surface area contributed by atoms with E-state index in [1.807, 2.05) is 6.07 Å². The number of nitriles is 1. The summed E-state index contributed by atoms with van der Waals surface area (Å²) in [5.41, 5.74) is -0.308. The number of hydrogen-bond donors (Lipinski definition) is 0. The fourth-order valence-electron chi connectivity index (χ4n) is 2.13. The quantitative estimate of drug-likeness (QED) is 0.768. The maximum Gasteiger partial charge on any atom is 0.258 e. The summed E-state index contributed by atoms with van der Waals surface area (Å²) in [7, 11) is 0. The normalized spacial score (nSPS) is 19.4. The maximum absolute atomic E-state index is 13.5. The molecule has 1 aliphatic heterocycles. The summed E-state index contributed by atoms with van der Waals surface area (Å²) in [6.45, 7) is 0.410. The van der Waals surface area contributed by atoms with Crippen molar-refractivity contribution >= 4 is 5.91 Å². The summed E-state index contributed by atoms with van der Waals surface area (Å²) in [6.07, 6.45) is 2.23. The standard InChI is InChI=1S/C13H12F2N2O/c14-11-6-3-5-10(12(11)15)13(18)17-7-2-1-4-9(17)8-16/h3,5-6,9H,1-2,4,7H2. The molecule has 0 aliphatic carbocycles. The Bertz CT molecular complexity index is 510. The molecule has 1 heterocycles. The molecule has 0 saturated carbocycles. The Morgan fingerprint density at radius 2 is 2.17 bits per heavy atom. The molecule has 0 bridgehead atoms. The van der Waals surface area contributed by atoms with E-state index < -0.39 is 23.6 Å². The second-order valence-corrected chi connectivity index (χ2v) is 4.24. The van der Waals surface area contributed by atoms with E-state index in [0.717, 1.165) is 18.9 Å². The topological polar surface area (TPSA) is 44.1 Å². The van der Waals surface area contributed by atoms with Crippen LogP contribution in [-0.2, 0) is 0 Å². The molecular weight excluding hydrogens is 238 g/mol. The molecule has 94 valence electrons. The van der Waals surface area contributed by atoms with Crippen LogP contribution in [0.15, 0.2) is 18.2 Å². The van der Waals surface area contributed by atoms with Gasteiger partial charge in [-0.3, -0.25) is 4.79 Å². The van der Waals surface area contributed by atoms with Crippen molar-refractivity contribution < 1.29 is 13.6 Å². The van der Waals surface area contributed by atoms with Gasteiger partial charge in [0.05, 0.1) is 11.6 Å². The number of amides is 1. The monoisotopic (exact) mass is 250 g/mol. The lowest BCUT2D eigenvalue weighted by molar-refractivity contribution is 0.0664. The molecule has 5 heteroatoms. The molecule has 0 aromatic heterocycles. The highest BCUT2D eigenvalue weighted by molar-refractivity contribution is 5.95. The third-order valence-electron chi connectivity index (χ3n) is 3.09. The molecule has 3 nitrogen and oxygen atoms in total. The molecule has 1 aromatic carbocycles. The molecule has 0 spiro atoms. The minimum Gasteiger partial charge on any atom is -0.323 e. The first-order chi connectivity index (χ1) is 8.65. The van der Waals surface area contributed by atoms with Crippen LogP contribution >= 0.6 is 0 Å². The zero-order valence-corrected chi connectivity index (χ0v) is 9.70. The minimum absolute atomic E-state index is 0.308. The molecule has 2 rings (SSSR count).